The molecule has 2 bridgehead atoms. The summed E-state index contributed by atoms with van der Waals surface area (Å²) < 4.78 is 15.4. The maximum Gasteiger partial charge on any atom is 0.475 e. The number of rotatable bonds is 7. The Morgan fingerprint density at radius 3 is 1.98 bits per heavy atom. The Hall–Kier alpha value is -3.19. The zero-order chi connectivity index (χ0) is 27.5. The van der Waals surface area contributed by atoms with Gasteiger partial charge < -0.3 is 19.6 Å². The number of nitrogens with two attached hydrogens (primary N) is 1. The molecule has 4 aromatic rings. The lowest BCUT2D eigenvalue weighted by Crippen LogP contribution is -2.65. The molecule has 3 aromatic carbocycles. The van der Waals surface area contributed by atoms with E-state index in [1.807, 2.05) is 6.33 Å². The second-order valence-corrected chi connectivity index (χ2v) is 12.8. The van der Waals surface area contributed by atoms with Crippen LogP contribution in [0.25, 0.3) is 0 Å². The molecule has 0 amide bonds. The van der Waals surface area contributed by atoms with Gasteiger partial charge in [-0.3, -0.25) is 0 Å². The molecule has 1 saturated heterocycles. The van der Waals surface area contributed by atoms with Crippen molar-refractivity contribution in [3.8, 4) is 0 Å². The van der Waals surface area contributed by atoms with Crippen molar-refractivity contribution >= 4 is 7.12 Å². The summed E-state index contributed by atoms with van der Waals surface area (Å²) in [7, 11) is -0.419. The van der Waals surface area contributed by atoms with Crippen LogP contribution in [0.4, 0.5) is 0 Å². The highest BCUT2D eigenvalue weighted by Crippen LogP contribution is 2.65. The highest BCUT2D eigenvalue weighted by molar-refractivity contribution is 6.47. The highest BCUT2D eigenvalue weighted by atomic mass is 16.7. The van der Waals surface area contributed by atoms with E-state index in [2.05, 4.69) is 123 Å². The average Bonchev–Trinajstić information content (AvgIpc) is 3.59. The van der Waals surface area contributed by atoms with Crippen LogP contribution in [0, 0.1) is 17.3 Å². The lowest BCUT2D eigenvalue weighted by atomic mass is 9.43. The molecule has 2 heterocycles. The molecule has 4 aliphatic rings. The maximum absolute atomic E-state index is 6.80. The standard InChI is InChI=1S/C34H38BN3O2/c1-32(2)27-19-29(32)33(3)30(20-27)39-35(40-33)31(36)21-28-22-38(23-37-28)34(24-13-7-4-8-14-24,25-15-9-5-10-16-25)26-17-11-6-12-18-26/h4-18,22-23,27,29-31H,19-21,36H2,1-3H3/t27-,29-,30+,31-,33-/m0/s1. The number of benzene rings is 3. The first kappa shape index (κ1) is 25.8. The Labute approximate surface area is 237 Å². The van der Waals surface area contributed by atoms with E-state index in [1.54, 1.807) is 0 Å². The lowest BCUT2D eigenvalue weighted by molar-refractivity contribution is -0.199. The Balaban J connectivity index is 1.22. The van der Waals surface area contributed by atoms with E-state index in [1.165, 1.54) is 23.1 Å². The molecule has 8 rings (SSSR count). The van der Waals surface area contributed by atoms with E-state index in [0.29, 0.717) is 23.7 Å². The summed E-state index contributed by atoms with van der Waals surface area (Å²) in [6.45, 7) is 7.01. The zero-order valence-electron chi connectivity index (χ0n) is 23.6. The molecule has 1 aromatic heterocycles. The minimum atomic E-state index is -0.589. The Bertz CT molecular complexity index is 1380. The van der Waals surface area contributed by atoms with E-state index in [0.717, 1.165) is 12.1 Å². The second-order valence-electron chi connectivity index (χ2n) is 12.8. The van der Waals surface area contributed by atoms with Crippen molar-refractivity contribution in [2.75, 3.05) is 0 Å². The lowest BCUT2D eigenvalue weighted by Gasteiger charge is -2.64. The minimum absolute atomic E-state index is 0.125. The molecular weight excluding hydrogens is 493 g/mol. The van der Waals surface area contributed by atoms with Gasteiger partial charge in [0.15, 0.2) is 0 Å². The van der Waals surface area contributed by atoms with Crippen LogP contribution in [0.1, 0.15) is 56.0 Å². The van der Waals surface area contributed by atoms with Gasteiger partial charge in [0, 0.05) is 18.6 Å². The molecule has 5 atom stereocenters. The van der Waals surface area contributed by atoms with Gasteiger partial charge in [-0.2, -0.15) is 0 Å². The van der Waals surface area contributed by atoms with Crippen LogP contribution < -0.4 is 5.73 Å². The van der Waals surface area contributed by atoms with Crippen molar-refractivity contribution in [2.24, 2.45) is 23.0 Å². The summed E-state index contributed by atoms with van der Waals surface area (Å²) >= 11 is 0. The van der Waals surface area contributed by atoms with Crippen molar-refractivity contribution in [3.63, 3.8) is 0 Å². The van der Waals surface area contributed by atoms with Gasteiger partial charge in [-0.15, -0.1) is 0 Å². The normalized spacial score (nSPS) is 27.6. The topological polar surface area (TPSA) is 62.3 Å². The van der Waals surface area contributed by atoms with Crippen LogP contribution in [-0.2, 0) is 21.3 Å². The average molecular weight is 532 g/mol. The molecule has 1 aliphatic heterocycles. The van der Waals surface area contributed by atoms with Gasteiger partial charge in [0.25, 0.3) is 0 Å². The number of imidazole rings is 1. The first-order chi connectivity index (χ1) is 19.3. The molecule has 6 heteroatoms. The third-order valence-electron chi connectivity index (χ3n) is 10.4. The molecule has 40 heavy (non-hydrogen) atoms. The number of hydrogen-bond donors (Lipinski definition) is 1. The smallest absolute Gasteiger partial charge is 0.404 e. The fraction of sp³-hybridized carbons (Fsp3) is 0.382. The summed E-state index contributed by atoms with van der Waals surface area (Å²) in [4.78, 5) is 4.90. The van der Waals surface area contributed by atoms with Gasteiger partial charge in [-0.1, -0.05) is 105 Å². The van der Waals surface area contributed by atoms with E-state index in [4.69, 9.17) is 20.0 Å². The fourth-order valence-corrected chi connectivity index (χ4v) is 8.06. The van der Waals surface area contributed by atoms with E-state index in [-0.39, 0.29) is 17.6 Å². The third kappa shape index (κ3) is 3.77. The Morgan fingerprint density at radius 2 is 1.45 bits per heavy atom. The minimum Gasteiger partial charge on any atom is -0.404 e. The summed E-state index contributed by atoms with van der Waals surface area (Å²) in [5, 5.41) is 0. The fourth-order valence-electron chi connectivity index (χ4n) is 8.06. The first-order valence-electron chi connectivity index (χ1n) is 14.6. The van der Waals surface area contributed by atoms with Gasteiger partial charge in [-0.05, 0) is 53.7 Å². The van der Waals surface area contributed by atoms with E-state index >= 15 is 0 Å². The van der Waals surface area contributed by atoms with Gasteiger partial charge in [0.2, 0.25) is 0 Å². The van der Waals surface area contributed by atoms with Crippen LogP contribution in [0.3, 0.4) is 0 Å². The summed E-state index contributed by atoms with van der Waals surface area (Å²) in [6.07, 6.45) is 7.09. The van der Waals surface area contributed by atoms with Crippen LogP contribution in [0.5, 0.6) is 0 Å². The first-order valence-corrected chi connectivity index (χ1v) is 14.6. The molecule has 2 N–H and O–H groups in total. The summed E-state index contributed by atoms with van der Waals surface area (Å²) in [5.41, 5.74) is 10.7. The molecule has 0 radical (unpaired) electrons. The van der Waals surface area contributed by atoms with Crippen molar-refractivity contribution in [3.05, 3.63) is 126 Å². The number of nitrogens with zero attached hydrogens (tertiary/aromatic N) is 2. The molecule has 0 unspecified atom stereocenters. The molecular formula is C34H38BN3O2. The SMILES string of the molecule is CC1(C)[C@@H]2C[C@H]3OB([C@@H](N)Cc4cn(C(c5ccccc5)(c5ccccc5)c5ccccc5)cn4)O[C@@]3(C)[C@H]1C2. The monoisotopic (exact) mass is 531 g/mol. The second kappa shape index (κ2) is 9.44. The summed E-state index contributed by atoms with van der Waals surface area (Å²) in [5.74, 6) is 0.931. The van der Waals surface area contributed by atoms with Crippen molar-refractivity contribution < 1.29 is 9.31 Å². The molecule has 204 valence electrons. The van der Waals surface area contributed by atoms with Crippen LogP contribution in [0.2, 0.25) is 0 Å². The van der Waals surface area contributed by atoms with Crippen molar-refractivity contribution in [1.82, 2.24) is 9.55 Å². The largest absolute Gasteiger partial charge is 0.475 e. The summed E-state index contributed by atoms with van der Waals surface area (Å²) in [6, 6.07) is 32.0. The molecule has 3 saturated carbocycles. The third-order valence-corrected chi connectivity index (χ3v) is 10.4. The van der Waals surface area contributed by atoms with E-state index < -0.39 is 12.7 Å². The van der Waals surface area contributed by atoms with Gasteiger partial charge in [0.1, 0.15) is 5.54 Å². The number of aromatic nitrogens is 2. The maximum atomic E-state index is 6.80. The molecule has 3 aliphatic carbocycles. The van der Waals surface area contributed by atoms with Crippen LogP contribution >= 0.6 is 0 Å². The van der Waals surface area contributed by atoms with Gasteiger partial charge >= 0.3 is 7.12 Å². The van der Waals surface area contributed by atoms with Crippen LogP contribution in [-0.4, -0.2) is 34.3 Å². The van der Waals surface area contributed by atoms with Gasteiger partial charge in [0.05, 0.1) is 23.7 Å². The van der Waals surface area contributed by atoms with Gasteiger partial charge in [-0.25, -0.2) is 4.98 Å². The van der Waals surface area contributed by atoms with E-state index in [9.17, 15) is 0 Å². The Kier molecular flexibility index (Phi) is 6.08. The quantitative estimate of drug-likeness (QED) is 0.240. The Morgan fingerprint density at radius 1 is 0.900 bits per heavy atom. The molecule has 5 nitrogen and oxygen atoms in total. The zero-order valence-corrected chi connectivity index (χ0v) is 23.6. The number of hydrogen-bond acceptors (Lipinski definition) is 4. The predicted octanol–water partition coefficient (Wildman–Crippen LogP) is 5.86. The highest BCUT2D eigenvalue weighted by Gasteiger charge is 2.68. The predicted molar refractivity (Wildman–Crippen MR) is 159 cm³/mol. The molecule has 4 fully saturated rings. The van der Waals surface area contributed by atoms with Crippen LogP contribution in [0.15, 0.2) is 104 Å². The molecule has 0 spiro atoms. The van der Waals surface area contributed by atoms with Crippen molar-refractivity contribution in [2.45, 2.75) is 63.2 Å². The van der Waals surface area contributed by atoms with Crippen molar-refractivity contribution in [1.29, 1.82) is 0 Å².